The van der Waals surface area contributed by atoms with Gasteiger partial charge in [-0.1, -0.05) is 34.8 Å². The van der Waals surface area contributed by atoms with Gasteiger partial charge in [0.25, 0.3) is 3.79 Å². The number of carbonyl (C=O) groups excluding carboxylic acids is 7. The summed E-state index contributed by atoms with van der Waals surface area (Å²) in [5, 5.41) is 8.17. The zero-order valence-corrected chi connectivity index (χ0v) is 29.9. The number of nitrogens with one attached hydrogen (secondary N) is 1. The molecule has 0 spiro atoms. The van der Waals surface area contributed by atoms with Gasteiger partial charge in [0.05, 0.1) is 0 Å². The third kappa shape index (κ3) is 13.0. The molecule has 2 fully saturated rings. The van der Waals surface area contributed by atoms with Crippen molar-refractivity contribution in [1.29, 1.82) is 5.41 Å². The average Bonchev–Trinajstić information content (AvgIpc) is 2.95. The van der Waals surface area contributed by atoms with Gasteiger partial charge in [-0.05, 0) is 0 Å². The summed E-state index contributed by atoms with van der Waals surface area (Å²) in [7, 11) is 0. The molecule has 0 aliphatic carbocycles. The summed E-state index contributed by atoms with van der Waals surface area (Å²) in [6.45, 7) is 5.84. The zero-order valence-electron chi connectivity index (χ0n) is 27.7. The lowest BCUT2D eigenvalue weighted by Gasteiger charge is -2.48. The van der Waals surface area contributed by atoms with Crippen LogP contribution in [-0.4, -0.2) is 126 Å². The molecule has 50 heavy (non-hydrogen) atoms. The molecule has 19 nitrogen and oxygen atoms in total. The van der Waals surface area contributed by atoms with Crippen LogP contribution in [0.25, 0.3) is 0 Å². The summed E-state index contributed by atoms with van der Waals surface area (Å²) in [5.74, 6) is -7.38. The summed E-state index contributed by atoms with van der Waals surface area (Å²) in [4.78, 5) is 84.8. The van der Waals surface area contributed by atoms with Crippen molar-refractivity contribution in [2.24, 2.45) is 0 Å². The second-order valence-electron chi connectivity index (χ2n) is 10.6. The monoisotopic (exact) mass is 779 g/mol. The fraction of sp³-hybridized carbons (Fsp3) is 0.714. The highest BCUT2D eigenvalue weighted by Gasteiger charge is 2.58. The van der Waals surface area contributed by atoms with Crippen LogP contribution in [0.15, 0.2) is 0 Å². The maximum atomic E-state index is 12.4. The Morgan fingerprint density at radius 1 is 0.500 bits per heavy atom. The number of alkyl halides is 3. The number of ether oxygens (including phenoxy) is 11. The molecule has 282 valence electrons. The van der Waals surface area contributed by atoms with E-state index in [9.17, 15) is 33.6 Å². The Bertz CT molecular complexity index is 1310. The quantitative estimate of drug-likeness (QED) is 0.0953. The maximum Gasteiger partial charge on any atom is 0.303 e. The van der Waals surface area contributed by atoms with E-state index in [0.29, 0.717) is 0 Å². The minimum absolute atomic E-state index is 0.627. The van der Waals surface area contributed by atoms with Crippen molar-refractivity contribution >= 4 is 82.5 Å². The highest BCUT2D eigenvalue weighted by molar-refractivity contribution is 6.76. The van der Waals surface area contributed by atoms with E-state index in [1.54, 1.807) is 0 Å². The molecule has 10 atom stereocenters. The summed E-state index contributed by atoms with van der Waals surface area (Å²) in [6.07, 6.45) is -17.2. The predicted octanol–water partition coefficient (Wildman–Crippen LogP) is 0.970. The molecule has 0 aromatic heterocycles. The van der Waals surface area contributed by atoms with E-state index in [1.165, 1.54) is 0 Å². The molecular formula is C28H36Cl3NO18. The Balaban J connectivity index is 2.79. The topological polar surface area (TPSA) is 245 Å². The molecule has 2 heterocycles. The third-order valence-electron chi connectivity index (χ3n) is 6.38. The SMILES string of the molecule is CC(=O)OCC1O[C@@H](OC2C(OC(C)=O)[C@@H](OC(C)=O)C(COC(C)=O)O[C@@H]2OC(=N)C(Cl)(Cl)Cl)C(OC(C)=O)C(OC(C)=O)[C@H]1OC(C)=O. The molecule has 2 rings (SSSR count). The summed E-state index contributed by atoms with van der Waals surface area (Å²) >= 11 is 17.5. The van der Waals surface area contributed by atoms with Crippen LogP contribution in [0, 0.1) is 5.41 Å². The first-order chi connectivity index (χ1) is 23.1. The fourth-order valence-electron chi connectivity index (χ4n) is 4.75. The Hall–Kier alpha value is -3.49. The molecule has 0 amide bonds. The van der Waals surface area contributed by atoms with Crippen LogP contribution < -0.4 is 0 Å². The van der Waals surface area contributed by atoms with Gasteiger partial charge in [-0.15, -0.1) is 0 Å². The van der Waals surface area contributed by atoms with Crippen molar-refractivity contribution in [2.75, 3.05) is 13.2 Å². The largest absolute Gasteiger partial charge is 0.463 e. The van der Waals surface area contributed by atoms with Gasteiger partial charge in [-0.2, -0.15) is 0 Å². The van der Waals surface area contributed by atoms with Gasteiger partial charge >= 0.3 is 41.8 Å². The maximum absolute atomic E-state index is 12.4. The summed E-state index contributed by atoms with van der Waals surface area (Å²) in [6, 6.07) is 0. The van der Waals surface area contributed by atoms with Crippen LogP contribution in [0.1, 0.15) is 48.5 Å². The molecular weight excluding hydrogens is 745 g/mol. The molecule has 2 aliphatic rings. The van der Waals surface area contributed by atoms with Gasteiger partial charge in [0.2, 0.25) is 12.2 Å². The minimum Gasteiger partial charge on any atom is -0.463 e. The van der Waals surface area contributed by atoms with E-state index in [0.717, 1.165) is 48.5 Å². The van der Waals surface area contributed by atoms with Crippen LogP contribution in [0.4, 0.5) is 0 Å². The van der Waals surface area contributed by atoms with Gasteiger partial charge in [0, 0.05) is 48.5 Å². The van der Waals surface area contributed by atoms with E-state index in [2.05, 4.69) is 0 Å². The number of hydrogen-bond acceptors (Lipinski definition) is 19. The molecule has 1 N–H and O–H groups in total. The van der Waals surface area contributed by atoms with Crippen LogP contribution in [-0.2, 0) is 85.7 Å². The van der Waals surface area contributed by atoms with E-state index in [-0.39, 0.29) is 0 Å². The Morgan fingerprint density at radius 2 is 0.840 bits per heavy atom. The van der Waals surface area contributed by atoms with Crippen molar-refractivity contribution in [3.63, 3.8) is 0 Å². The number of esters is 7. The first-order valence-corrected chi connectivity index (χ1v) is 15.7. The Labute approximate surface area is 300 Å². The standard InChI is InChI=1S/C28H36Cl3NO18/c1-10(33)40-8-17-19(42-12(3)35)21(44-14(5)37)23(46-16(7)39)25(47-17)49-24-22(45-15(6)38)20(43-13(4)36)18(9-41-11(2)34)48-26(24)50-27(32)28(29,30)31/h17-26,32H,8-9H2,1-7H3/t17?,18?,19-,20-,21?,22?,23?,24?,25-,26+/m0/s1. The smallest absolute Gasteiger partial charge is 0.303 e. The van der Waals surface area contributed by atoms with Crippen LogP contribution in [0.5, 0.6) is 0 Å². The number of rotatable bonds is 12. The van der Waals surface area contributed by atoms with E-state index < -0.39 is 126 Å². The summed E-state index contributed by atoms with van der Waals surface area (Å²) in [5.41, 5.74) is 0. The average molecular weight is 781 g/mol. The lowest BCUT2D eigenvalue weighted by atomic mass is 9.96. The lowest BCUT2D eigenvalue weighted by molar-refractivity contribution is -0.361. The highest BCUT2D eigenvalue weighted by Crippen LogP contribution is 2.37. The van der Waals surface area contributed by atoms with Gasteiger partial charge in [0.1, 0.15) is 25.4 Å². The second kappa shape index (κ2) is 18.7. The van der Waals surface area contributed by atoms with E-state index in [1.807, 2.05) is 0 Å². The Morgan fingerprint density at radius 3 is 1.20 bits per heavy atom. The fourth-order valence-corrected chi connectivity index (χ4v) is 4.88. The molecule has 2 aliphatic heterocycles. The molecule has 0 radical (unpaired) electrons. The van der Waals surface area contributed by atoms with Crippen LogP contribution in [0.2, 0.25) is 0 Å². The van der Waals surface area contributed by atoms with Gasteiger partial charge < -0.3 is 52.1 Å². The van der Waals surface area contributed by atoms with Gasteiger partial charge in [-0.25, -0.2) is 0 Å². The molecule has 22 heteroatoms. The number of halogens is 3. The third-order valence-corrected chi connectivity index (χ3v) is 6.89. The molecule has 0 aromatic carbocycles. The zero-order chi connectivity index (χ0) is 38.1. The molecule has 2 saturated heterocycles. The minimum atomic E-state index is -2.50. The van der Waals surface area contributed by atoms with E-state index >= 15 is 0 Å². The highest BCUT2D eigenvalue weighted by atomic mass is 35.6. The molecule has 0 bridgehead atoms. The van der Waals surface area contributed by atoms with Crippen molar-refractivity contribution in [3.8, 4) is 0 Å². The number of hydrogen-bond donors (Lipinski definition) is 1. The second-order valence-corrected chi connectivity index (χ2v) is 12.9. The van der Waals surface area contributed by atoms with Gasteiger partial charge in [0.15, 0.2) is 42.9 Å². The van der Waals surface area contributed by atoms with Crippen molar-refractivity contribution in [1.82, 2.24) is 0 Å². The normalized spacial score (nSPS) is 29.3. The van der Waals surface area contributed by atoms with Crippen molar-refractivity contribution in [3.05, 3.63) is 0 Å². The number of carbonyl (C=O) groups is 7. The lowest BCUT2D eigenvalue weighted by Crippen LogP contribution is -2.67. The van der Waals surface area contributed by atoms with Crippen LogP contribution >= 0.6 is 34.8 Å². The molecule has 6 unspecified atom stereocenters. The summed E-state index contributed by atoms with van der Waals surface area (Å²) < 4.78 is 58.1. The van der Waals surface area contributed by atoms with Gasteiger partial charge in [-0.3, -0.25) is 39.0 Å². The first-order valence-electron chi connectivity index (χ1n) is 14.5. The molecule has 0 aromatic rings. The van der Waals surface area contributed by atoms with Crippen LogP contribution in [0.3, 0.4) is 0 Å². The first kappa shape index (κ1) is 42.7. The predicted molar refractivity (Wildman–Crippen MR) is 162 cm³/mol. The Kier molecular flexibility index (Phi) is 15.9. The molecule has 0 saturated carbocycles. The van der Waals surface area contributed by atoms with Crippen molar-refractivity contribution in [2.45, 2.75) is 114 Å². The van der Waals surface area contributed by atoms with Crippen molar-refractivity contribution < 1.29 is 85.7 Å². The van der Waals surface area contributed by atoms with E-state index in [4.69, 9.17) is 92.3 Å².